The molecule has 0 unspecified atom stereocenters. The largest absolute Gasteiger partial charge is 0.508 e. The van der Waals surface area contributed by atoms with Crippen LogP contribution in [-0.4, -0.2) is 62.4 Å². The standard InChI is InChI=1S/C25H26F3N3O4S2/c26-25(27,28)8-13-37(34,35)29-24(33)18-4-6-21(7-5-18)31-11-9-30(10-12-31)16-23-15-20(17-36-23)19-2-1-3-22(32)14-19/h1-7,14-15,17,32H,8-13,16H2,(H,29,33). The van der Waals surface area contributed by atoms with Gasteiger partial charge in [-0.25, -0.2) is 13.1 Å². The molecule has 2 aromatic carbocycles. The van der Waals surface area contributed by atoms with Gasteiger partial charge in [0.2, 0.25) is 10.0 Å². The molecule has 0 bridgehead atoms. The van der Waals surface area contributed by atoms with Crippen LogP contribution in [0.5, 0.6) is 5.75 Å². The maximum atomic E-state index is 12.3. The summed E-state index contributed by atoms with van der Waals surface area (Å²) in [5.74, 6) is -1.92. The van der Waals surface area contributed by atoms with Gasteiger partial charge in [0.25, 0.3) is 5.91 Å². The fraction of sp³-hybridized carbons (Fsp3) is 0.320. The van der Waals surface area contributed by atoms with Crippen molar-refractivity contribution in [1.82, 2.24) is 9.62 Å². The Morgan fingerprint density at radius 3 is 2.35 bits per heavy atom. The lowest BCUT2D eigenvalue weighted by molar-refractivity contribution is -0.130. The molecule has 2 N–H and O–H groups in total. The van der Waals surface area contributed by atoms with Gasteiger partial charge in [-0.3, -0.25) is 9.69 Å². The zero-order valence-corrected chi connectivity index (χ0v) is 21.4. The first-order valence-corrected chi connectivity index (χ1v) is 14.1. The highest BCUT2D eigenvalue weighted by molar-refractivity contribution is 7.90. The number of hydrogen-bond donors (Lipinski definition) is 2. The summed E-state index contributed by atoms with van der Waals surface area (Å²) >= 11 is 1.68. The molecular formula is C25H26F3N3O4S2. The molecular weight excluding hydrogens is 527 g/mol. The first-order valence-electron chi connectivity index (χ1n) is 11.5. The summed E-state index contributed by atoms with van der Waals surface area (Å²) < 4.78 is 62.1. The minimum Gasteiger partial charge on any atom is -0.508 e. The van der Waals surface area contributed by atoms with Crippen LogP contribution in [0.2, 0.25) is 0 Å². The number of alkyl halides is 3. The molecule has 0 spiro atoms. The van der Waals surface area contributed by atoms with Crippen molar-refractivity contribution in [3.8, 4) is 16.9 Å². The van der Waals surface area contributed by atoms with Crippen molar-refractivity contribution in [3.63, 3.8) is 0 Å². The van der Waals surface area contributed by atoms with E-state index in [0.717, 1.165) is 49.5 Å². The number of carbonyl (C=O) groups is 1. The molecule has 1 aromatic heterocycles. The molecule has 0 aliphatic carbocycles. The first-order chi connectivity index (χ1) is 17.5. The van der Waals surface area contributed by atoms with Crippen LogP contribution in [-0.2, 0) is 16.6 Å². The van der Waals surface area contributed by atoms with E-state index < -0.39 is 34.3 Å². The number of thiophene rings is 1. The van der Waals surface area contributed by atoms with E-state index in [9.17, 15) is 31.5 Å². The van der Waals surface area contributed by atoms with E-state index in [1.807, 2.05) is 12.1 Å². The molecule has 1 aliphatic heterocycles. The van der Waals surface area contributed by atoms with Gasteiger partial charge in [0, 0.05) is 48.9 Å². The fourth-order valence-corrected chi connectivity index (χ4v) is 5.95. The topological polar surface area (TPSA) is 90.0 Å². The van der Waals surface area contributed by atoms with Crippen LogP contribution < -0.4 is 9.62 Å². The molecule has 3 aromatic rings. The fourth-order valence-electron chi connectivity index (χ4n) is 4.01. The van der Waals surface area contributed by atoms with E-state index in [1.54, 1.807) is 40.3 Å². The number of phenols is 1. The van der Waals surface area contributed by atoms with Crippen molar-refractivity contribution in [2.75, 3.05) is 36.8 Å². The van der Waals surface area contributed by atoms with Gasteiger partial charge in [-0.05, 0) is 59.0 Å². The smallest absolute Gasteiger partial charge is 0.390 e. The highest BCUT2D eigenvalue weighted by Gasteiger charge is 2.30. The number of amides is 1. The van der Waals surface area contributed by atoms with Crippen LogP contribution in [0.3, 0.4) is 0 Å². The number of carbonyl (C=O) groups excluding carboxylic acids is 1. The lowest BCUT2D eigenvalue weighted by Gasteiger charge is -2.36. The number of sulfonamides is 1. The zero-order valence-electron chi connectivity index (χ0n) is 19.7. The van der Waals surface area contributed by atoms with E-state index >= 15 is 0 Å². The Bertz CT molecular complexity index is 1330. The van der Waals surface area contributed by atoms with Crippen LogP contribution in [0.4, 0.5) is 18.9 Å². The maximum absolute atomic E-state index is 12.3. The number of piperazine rings is 1. The summed E-state index contributed by atoms with van der Waals surface area (Å²) in [7, 11) is -4.39. The number of aromatic hydroxyl groups is 1. The Kier molecular flexibility index (Phi) is 8.10. The number of rotatable bonds is 8. The molecule has 1 aliphatic rings. The average molecular weight is 554 g/mol. The number of nitrogens with one attached hydrogen (secondary N) is 1. The minimum atomic E-state index is -4.62. The third kappa shape index (κ3) is 7.70. The molecule has 1 saturated heterocycles. The van der Waals surface area contributed by atoms with E-state index in [2.05, 4.69) is 21.2 Å². The molecule has 198 valence electrons. The maximum Gasteiger partial charge on any atom is 0.390 e. The molecule has 7 nitrogen and oxygen atoms in total. The molecule has 2 heterocycles. The van der Waals surface area contributed by atoms with E-state index in [1.165, 1.54) is 17.0 Å². The number of hydrogen-bond acceptors (Lipinski definition) is 7. The number of benzene rings is 2. The van der Waals surface area contributed by atoms with Gasteiger partial charge in [-0.2, -0.15) is 13.2 Å². The van der Waals surface area contributed by atoms with Crippen LogP contribution in [0.15, 0.2) is 60.0 Å². The van der Waals surface area contributed by atoms with Crippen LogP contribution in [0, 0.1) is 0 Å². The van der Waals surface area contributed by atoms with Crippen LogP contribution in [0.1, 0.15) is 21.7 Å². The lowest BCUT2D eigenvalue weighted by Crippen LogP contribution is -2.45. The van der Waals surface area contributed by atoms with Gasteiger partial charge in [-0.15, -0.1) is 11.3 Å². The summed E-state index contributed by atoms with van der Waals surface area (Å²) in [6.45, 7) is 4.02. The van der Waals surface area contributed by atoms with Gasteiger partial charge in [0.1, 0.15) is 5.75 Å². The molecule has 0 saturated carbocycles. The van der Waals surface area contributed by atoms with Gasteiger partial charge < -0.3 is 10.0 Å². The molecule has 1 amide bonds. The van der Waals surface area contributed by atoms with Gasteiger partial charge in [0.15, 0.2) is 0 Å². The summed E-state index contributed by atoms with van der Waals surface area (Å²) in [6.07, 6.45) is -6.14. The van der Waals surface area contributed by atoms with Crippen molar-refractivity contribution in [2.24, 2.45) is 0 Å². The molecule has 4 rings (SSSR count). The summed E-state index contributed by atoms with van der Waals surface area (Å²) in [6, 6.07) is 15.6. The second kappa shape index (κ2) is 11.1. The van der Waals surface area contributed by atoms with Crippen LogP contribution >= 0.6 is 11.3 Å². The number of anilines is 1. The Morgan fingerprint density at radius 1 is 1.00 bits per heavy atom. The Balaban J connectivity index is 1.27. The molecule has 0 radical (unpaired) electrons. The quantitative estimate of drug-likeness (QED) is 0.428. The van der Waals surface area contributed by atoms with Crippen molar-refractivity contribution in [1.29, 1.82) is 0 Å². The highest BCUT2D eigenvalue weighted by Crippen LogP contribution is 2.29. The Morgan fingerprint density at radius 2 is 1.70 bits per heavy atom. The summed E-state index contributed by atoms with van der Waals surface area (Å²) in [5, 5.41) is 11.8. The van der Waals surface area contributed by atoms with Crippen molar-refractivity contribution < 1.29 is 31.5 Å². The van der Waals surface area contributed by atoms with Gasteiger partial charge >= 0.3 is 6.18 Å². The van der Waals surface area contributed by atoms with Gasteiger partial charge in [-0.1, -0.05) is 12.1 Å². The molecule has 12 heteroatoms. The number of nitrogens with zero attached hydrogens (tertiary/aromatic N) is 2. The zero-order chi connectivity index (χ0) is 26.6. The normalized spacial score (nSPS) is 15.1. The number of phenolic OH excluding ortho intramolecular Hbond substituents is 1. The van der Waals surface area contributed by atoms with E-state index in [-0.39, 0.29) is 11.3 Å². The first kappa shape index (κ1) is 27.0. The lowest BCUT2D eigenvalue weighted by atomic mass is 10.1. The summed E-state index contributed by atoms with van der Waals surface area (Å²) in [4.78, 5) is 17.9. The second-order valence-corrected chi connectivity index (χ2v) is 11.6. The molecule has 0 atom stereocenters. The van der Waals surface area contributed by atoms with Gasteiger partial charge in [0.05, 0.1) is 12.2 Å². The van der Waals surface area contributed by atoms with Crippen molar-refractivity contribution in [2.45, 2.75) is 19.1 Å². The monoisotopic (exact) mass is 553 g/mol. The number of halogens is 3. The minimum absolute atomic E-state index is 0.0539. The predicted octanol–water partition coefficient (Wildman–Crippen LogP) is 4.45. The third-order valence-electron chi connectivity index (χ3n) is 5.98. The third-order valence-corrected chi connectivity index (χ3v) is 8.14. The molecule has 37 heavy (non-hydrogen) atoms. The SMILES string of the molecule is O=C(NS(=O)(=O)CCC(F)(F)F)c1ccc(N2CCN(Cc3cc(-c4cccc(O)c4)cs3)CC2)cc1. The summed E-state index contributed by atoms with van der Waals surface area (Å²) in [5.41, 5.74) is 2.98. The average Bonchev–Trinajstić information content (AvgIpc) is 3.31. The van der Waals surface area contributed by atoms with Crippen molar-refractivity contribution in [3.05, 3.63) is 70.4 Å². The Labute approximate surface area is 217 Å². The van der Waals surface area contributed by atoms with Crippen molar-refractivity contribution >= 4 is 33.0 Å². The molecule has 1 fully saturated rings. The Hall–Kier alpha value is -3.09. The highest BCUT2D eigenvalue weighted by atomic mass is 32.2. The second-order valence-electron chi connectivity index (χ2n) is 8.78. The van der Waals surface area contributed by atoms with Crippen LogP contribution in [0.25, 0.3) is 11.1 Å². The van der Waals surface area contributed by atoms with E-state index in [4.69, 9.17) is 0 Å². The predicted molar refractivity (Wildman–Crippen MR) is 137 cm³/mol. The van der Waals surface area contributed by atoms with E-state index in [0.29, 0.717) is 0 Å².